The summed E-state index contributed by atoms with van der Waals surface area (Å²) in [5.41, 5.74) is 7.03. The number of benzene rings is 1. The Balaban J connectivity index is 0.000000224. The Hall–Kier alpha value is -1.79. The standard InChI is InChI=1S/C9H6BrNO.C8H11NO.BrH/c10-7-4-6-11-5-2-1-3-8(11)9(7)12;1-2-10-8-5-3-7(9)4-6-8;/h1-6H;3-6H,2,9H2,1H3;1H. The fourth-order valence-corrected chi connectivity index (χ4v) is 2.19. The monoisotopic (exact) mass is 440 g/mol. The minimum Gasteiger partial charge on any atom is -1.00 e. The van der Waals surface area contributed by atoms with Gasteiger partial charge in [-0.2, -0.15) is 4.40 Å². The van der Waals surface area contributed by atoms with Crippen LogP contribution in [0.1, 0.15) is 6.92 Å². The molecule has 0 amide bonds. The molecule has 0 spiro atoms. The number of nitrogen functional groups attached to an aromatic ring is 1. The lowest BCUT2D eigenvalue weighted by atomic mass is 10.3. The summed E-state index contributed by atoms with van der Waals surface area (Å²) in [5, 5.41) is 9.59. The van der Waals surface area contributed by atoms with Gasteiger partial charge in [-0.05, 0) is 53.2 Å². The average Bonchev–Trinajstić information content (AvgIpc) is 2.54. The highest BCUT2D eigenvalue weighted by atomic mass is 79.9. The molecule has 1 aromatic carbocycles. The first-order valence-corrected chi connectivity index (χ1v) is 7.67. The second kappa shape index (κ2) is 9.37. The normalized spacial score (nSPS) is 9.48. The van der Waals surface area contributed by atoms with Gasteiger partial charge >= 0.3 is 0 Å². The minimum atomic E-state index is 0. The van der Waals surface area contributed by atoms with Crippen LogP contribution in [0.15, 0.2) is 65.4 Å². The molecule has 2 aromatic heterocycles. The van der Waals surface area contributed by atoms with E-state index in [0.717, 1.165) is 17.0 Å². The Labute approximate surface area is 154 Å². The molecule has 3 rings (SSSR count). The molecule has 4 nitrogen and oxygen atoms in total. The molecule has 23 heavy (non-hydrogen) atoms. The maximum absolute atomic E-state index is 9.59. The number of ether oxygens (including phenoxy) is 1. The van der Waals surface area contributed by atoms with Crippen LogP contribution in [-0.2, 0) is 0 Å². The number of aromatic nitrogens is 1. The summed E-state index contributed by atoms with van der Waals surface area (Å²) in [6.07, 6.45) is 3.78. The van der Waals surface area contributed by atoms with E-state index < -0.39 is 0 Å². The van der Waals surface area contributed by atoms with E-state index in [0.29, 0.717) is 11.1 Å². The van der Waals surface area contributed by atoms with Gasteiger partial charge in [-0.3, -0.25) is 0 Å². The average molecular weight is 442 g/mol. The Kier molecular flexibility index (Phi) is 7.85. The van der Waals surface area contributed by atoms with Crippen LogP contribution in [0, 0.1) is 0 Å². The van der Waals surface area contributed by atoms with Gasteiger partial charge in [0, 0.05) is 23.9 Å². The number of anilines is 1. The van der Waals surface area contributed by atoms with Crippen molar-refractivity contribution in [2.75, 3.05) is 12.3 Å². The molecule has 122 valence electrons. The smallest absolute Gasteiger partial charge is 0.253 e. The topological polar surface area (TPSA) is 59.6 Å². The van der Waals surface area contributed by atoms with Crippen molar-refractivity contribution in [2.24, 2.45) is 0 Å². The molecule has 0 unspecified atom stereocenters. The van der Waals surface area contributed by atoms with E-state index in [1.165, 1.54) is 0 Å². The zero-order valence-electron chi connectivity index (χ0n) is 12.6. The van der Waals surface area contributed by atoms with Gasteiger partial charge in [0.2, 0.25) is 5.75 Å². The third-order valence-corrected chi connectivity index (χ3v) is 3.57. The van der Waals surface area contributed by atoms with Gasteiger partial charge < -0.3 is 32.6 Å². The van der Waals surface area contributed by atoms with E-state index in [-0.39, 0.29) is 22.7 Å². The van der Waals surface area contributed by atoms with E-state index in [9.17, 15) is 5.11 Å². The summed E-state index contributed by atoms with van der Waals surface area (Å²) >= 11 is 3.25. The van der Waals surface area contributed by atoms with Gasteiger partial charge in [-0.25, -0.2) is 0 Å². The van der Waals surface area contributed by atoms with Crippen LogP contribution in [0.3, 0.4) is 0 Å². The first-order valence-electron chi connectivity index (χ1n) is 6.87. The Morgan fingerprint density at radius 3 is 2.43 bits per heavy atom. The SMILES string of the molecule is CCOc1ccc(N)cc1.Oc1c(Br)cc[n+]2ccccc12.[Br-]. The van der Waals surface area contributed by atoms with Crippen molar-refractivity contribution in [1.82, 2.24) is 0 Å². The number of hydrogen-bond donors (Lipinski definition) is 2. The Bertz CT molecular complexity index is 749. The molecule has 3 N–H and O–H groups in total. The molecule has 6 heteroatoms. The van der Waals surface area contributed by atoms with E-state index in [4.69, 9.17) is 10.5 Å². The summed E-state index contributed by atoms with van der Waals surface area (Å²) in [6.45, 7) is 2.65. The highest BCUT2D eigenvalue weighted by molar-refractivity contribution is 9.10. The predicted octanol–water partition coefficient (Wildman–Crippen LogP) is 0.565. The van der Waals surface area contributed by atoms with Crippen molar-refractivity contribution >= 4 is 27.1 Å². The van der Waals surface area contributed by atoms with Crippen LogP contribution in [0.4, 0.5) is 5.69 Å². The molecule has 0 aliphatic rings. The van der Waals surface area contributed by atoms with Crippen LogP contribution in [0.5, 0.6) is 11.5 Å². The maximum atomic E-state index is 9.59. The number of halogens is 2. The molecule has 0 fully saturated rings. The van der Waals surface area contributed by atoms with Gasteiger partial charge in [0.25, 0.3) is 5.52 Å². The number of fused-ring (bicyclic) bond motifs is 1. The highest BCUT2D eigenvalue weighted by Gasteiger charge is 2.09. The Morgan fingerprint density at radius 1 is 1.09 bits per heavy atom. The molecule has 3 aromatic rings. The largest absolute Gasteiger partial charge is 1.00 e. The number of pyridine rings is 2. The number of hydrogen-bond acceptors (Lipinski definition) is 3. The summed E-state index contributed by atoms with van der Waals surface area (Å²) in [5.74, 6) is 1.15. The number of nitrogens with two attached hydrogens (primary N) is 1. The van der Waals surface area contributed by atoms with Gasteiger partial charge in [-0.1, -0.05) is 0 Å². The number of aromatic hydroxyl groups is 1. The highest BCUT2D eigenvalue weighted by Crippen LogP contribution is 2.24. The second-order valence-corrected chi connectivity index (χ2v) is 5.36. The van der Waals surface area contributed by atoms with Gasteiger partial charge in [0.1, 0.15) is 5.75 Å². The summed E-state index contributed by atoms with van der Waals surface area (Å²) in [4.78, 5) is 0. The van der Waals surface area contributed by atoms with Crippen LogP contribution < -0.4 is 31.9 Å². The maximum Gasteiger partial charge on any atom is 0.253 e. The van der Waals surface area contributed by atoms with E-state index in [1.807, 2.05) is 72.2 Å². The van der Waals surface area contributed by atoms with Crippen LogP contribution in [0.25, 0.3) is 5.52 Å². The van der Waals surface area contributed by atoms with Crippen LogP contribution >= 0.6 is 15.9 Å². The second-order valence-electron chi connectivity index (χ2n) is 4.51. The predicted molar refractivity (Wildman–Crippen MR) is 91.0 cm³/mol. The van der Waals surface area contributed by atoms with Crippen molar-refractivity contribution < 1.29 is 31.2 Å². The third kappa shape index (κ3) is 5.41. The summed E-state index contributed by atoms with van der Waals surface area (Å²) in [6, 6.07) is 14.8. The van der Waals surface area contributed by atoms with Crippen molar-refractivity contribution in [3.8, 4) is 11.5 Å². The quantitative estimate of drug-likeness (QED) is 0.451. The van der Waals surface area contributed by atoms with Gasteiger partial charge in [0.05, 0.1) is 11.1 Å². The summed E-state index contributed by atoms with van der Waals surface area (Å²) < 4.78 is 7.78. The zero-order valence-corrected chi connectivity index (χ0v) is 15.8. The Morgan fingerprint density at radius 2 is 1.78 bits per heavy atom. The lowest BCUT2D eigenvalue weighted by Crippen LogP contribution is -3.00. The first kappa shape index (κ1) is 19.3. The van der Waals surface area contributed by atoms with Gasteiger partial charge in [0.15, 0.2) is 12.4 Å². The molecule has 2 heterocycles. The van der Waals surface area contributed by atoms with Crippen molar-refractivity contribution in [3.63, 3.8) is 0 Å². The van der Waals surface area contributed by atoms with Crippen molar-refractivity contribution in [1.29, 1.82) is 0 Å². The number of rotatable bonds is 2. The molecule has 0 saturated heterocycles. The molecule has 0 radical (unpaired) electrons. The molecule has 0 atom stereocenters. The zero-order chi connectivity index (χ0) is 15.9. The summed E-state index contributed by atoms with van der Waals surface area (Å²) in [7, 11) is 0. The lowest BCUT2D eigenvalue weighted by molar-refractivity contribution is -0.512. The van der Waals surface area contributed by atoms with E-state index >= 15 is 0 Å². The molecule has 0 bridgehead atoms. The fourth-order valence-electron chi connectivity index (χ4n) is 1.86. The molecule has 0 saturated carbocycles. The van der Waals surface area contributed by atoms with Crippen LogP contribution in [-0.4, -0.2) is 11.7 Å². The van der Waals surface area contributed by atoms with E-state index in [1.54, 1.807) is 0 Å². The molecular weight excluding hydrogens is 424 g/mol. The van der Waals surface area contributed by atoms with Crippen molar-refractivity contribution in [2.45, 2.75) is 6.92 Å². The molecule has 0 aliphatic heterocycles. The van der Waals surface area contributed by atoms with E-state index in [2.05, 4.69) is 15.9 Å². The molecule has 0 aliphatic carbocycles. The third-order valence-electron chi connectivity index (χ3n) is 2.93. The lowest BCUT2D eigenvalue weighted by Gasteiger charge is -2.01. The van der Waals surface area contributed by atoms with Gasteiger partial charge in [-0.15, -0.1) is 0 Å². The minimum absolute atomic E-state index is 0. The first-order chi connectivity index (χ1) is 10.6. The van der Waals surface area contributed by atoms with Crippen LogP contribution in [0.2, 0.25) is 0 Å². The van der Waals surface area contributed by atoms with Crippen molar-refractivity contribution in [3.05, 3.63) is 65.4 Å². The number of nitrogens with zero attached hydrogens (tertiary/aromatic N) is 1. The molecular formula is C17H18Br2N2O2. The fraction of sp³-hybridized carbons (Fsp3) is 0.118.